The van der Waals surface area contributed by atoms with Crippen LogP contribution in [0.4, 0.5) is 5.69 Å². The van der Waals surface area contributed by atoms with E-state index in [1.807, 2.05) is 6.07 Å². The molecule has 0 aliphatic carbocycles. The maximum atomic E-state index is 11.4. The summed E-state index contributed by atoms with van der Waals surface area (Å²) >= 11 is 0. The fourth-order valence-corrected chi connectivity index (χ4v) is 1.16. The molecule has 16 heavy (non-hydrogen) atoms. The molecule has 1 amide bonds. The second kappa shape index (κ2) is 6.38. The number of amides is 1. The first-order valence-electron chi connectivity index (χ1n) is 4.88. The smallest absolute Gasteiger partial charge is 0.238 e. The fourth-order valence-electron chi connectivity index (χ4n) is 1.16. The molecule has 0 heterocycles. The van der Waals surface area contributed by atoms with Crippen LogP contribution in [0.2, 0.25) is 0 Å². The van der Waals surface area contributed by atoms with Crippen LogP contribution in [0.1, 0.15) is 5.56 Å². The summed E-state index contributed by atoms with van der Waals surface area (Å²) in [6, 6.07) is 8.80. The highest BCUT2D eigenvalue weighted by Gasteiger charge is 2.01. The van der Waals surface area contributed by atoms with Gasteiger partial charge in [-0.1, -0.05) is 12.1 Å². The Labute approximate surface area is 94.6 Å². The zero-order valence-corrected chi connectivity index (χ0v) is 8.86. The Hall–Kier alpha value is -2.12. The number of nitriles is 1. The molecule has 4 heteroatoms. The fraction of sp³-hybridized carbons (Fsp3) is 0.167. The first-order valence-corrected chi connectivity index (χ1v) is 4.88. The van der Waals surface area contributed by atoms with Crippen molar-refractivity contribution in [1.29, 1.82) is 5.26 Å². The lowest BCUT2D eigenvalue weighted by atomic mass is 10.2. The molecule has 1 aromatic rings. The first-order chi connectivity index (χ1) is 7.76. The van der Waals surface area contributed by atoms with Crippen molar-refractivity contribution in [2.24, 2.45) is 0 Å². The van der Waals surface area contributed by atoms with Gasteiger partial charge in [0.05, 0.1) is 18.2 Å². The van der Waals surface area contributed by atoms with Crippen LogP contribution < -0.4 is 10.6 Å². The SMILES string of the molecule is C=CCNCC(=O)Nc1cccc(C#N)c1. The number of nitrogens with zero attached hydrogens (tertiary/aromatic N) is 1. The first kappa shape index (κ1) is 12.0. The molecule has 0 radical (unpaired) electrons. The van der Waals surface area contributed by atoms with Crippen molar-refractivity contribution >= 4 is 11.6 Å². The van der Waals surface area contributed by atoms with Gasteiger partial charge in [0.1, 0.15) is 0 Å². The molecule has 0 aromatic heterocycles. The van der Waals surface area contributed by atoms with Crippen molar-refractivity contribution in [3.63, 3.8) is 0 Å². The van der Waals surface area contributed by atoms with Crippen molar-refractivity contribution in [2.75, 3.05) is 18.4 Å². The van der Waals surface area contributed by atoms with E-state index in [2.05, 4.69) is 17.2 Å². The molecule has 82 valence electrons. The van der Waals surface area contributed by atoms with Crippen molar-refractivity contribution in [3.05, 3.63) is 42.5 Å². The van der Waals surface area contributed by atoms with Crippen LogP contribution >= 0.6 is 0 Å². The molecule has 0 saturated heterocycles. The van der Waals surface area contributed by atoms with E-state index in [-0.39, 0.29) is 12.5 Å². The van der Waals surface area contributed by atoms with Crippen molar-refractivity contribution in [2.45, 2.75) is 0 Å². The van der Waals surface area contributed by atoms with Crippen LogP contribution in [0.15, 0.2) is 36.9 Å². The van der Waals surface area contributed by atoms with Crippen LogP contribution in [0.3, 0.4) is 0 Å². The summed E-state index contributed by atoms with van der Waals surface area (Å²) in [4.78, 5) is 11.4. The summed E-state index contributed by atoms with van der Waals surface area (Å²) in [5, 5.41) is 14.3. The lowest BCUT2D eigenvalue weighted by Crippen LogP contribution is -2.28. The highest BCUT2D eigenvalue weighted by molar-refractivity contribution is 5.92. The molecule has 4 nitrogen and oxygen atoms in total. The zero-order chi connectivity index (χ0) is 11.8. The second-order valence-electron chi connectivity index (χ2n) is 3.16. The van der Waals surface area contributed by atoms with Crippen LogP contribution in [0.5, 0.6) is 0 Å². The minimum Gasteiger partial charge on any atom is -0.325 e. The molecule has 1 rings (SSSR count). The van der Waals surface area contributed by atoms with E-state index in [1.165, 1.54) is 0 Å². The van der Waals surface area contributed by atoms with Crippen molar-refractivity contribution in [3.8, 4) is 6.07 Å². The van der Waals surface area contributed by atoms with Gasteiger partial charge in [-0.2, -0.15) is 5.26 Å². The van der Waals surface area contributed by atoms with Gasteiger partial charge in [0.15, 0.2) is 0 Å². The van der Waals surface area contributed by atoms with E-state index >= 15 is 0 Å². The van der Waals surface area contributed by atoms with E-state index in [1.54, 1.807) is 30.3 Å². The topological polar surface area (TPSA) is 64.9 Å². The second-order valence-corrected chi connectivity index (χ2v) is 3.16. The third kappa shape index (κ3) is 3.95. The Kier molecular flexibility index (Phi) is 4.77. The Balaban J connectivity index is 2.49. The van der Waals surface area contributed by atoms with Gasteiger partial charge >= 0.3 is 0 Å². The summed E-state index contributed by atoms with van der Waals surface area (Å²) in [7, 11) is 0. The zero-order valence-electron chi connectivity index (χ0n) is 8.86. The molecule has 0 aliphatic rings. The number of hydrogen-bond acceptors (Lipinski definition) is 3. The van der Waals surface area contributed by atoms with Gasteiger partial charge in [-0.05, 0) is 18.2 Å². The van der Waals surface area contributed by atoms with Gasteiger partial charge < -0.3 is 10.6 Å². The summed E-state index contributed by atoms with van der Waals surface area (Å²) < 4.78 is 0. The molecule has 0 spiro atoms. The van der Waals surface area contributed by atoms with E-state index in [4.69, 9.17) is 5.26 Å². The van der Waals surface area contributed by atoms with Crippen molar-refractivity contribution in [1.82, 2.24) is 5.32 Å². The van der Waals surface area contributed by atoms with Gasteiger partial charge in [-0.25, -0.2) is 0 Å². The van der Waals surface area contributed by atoms with Gasteiger partial charge in [-0.15, -0.1) is 6.58 Å². The molecule has 0 aliphatic heterocycles. The number of carbonyl (C=O) groups is 1. The number of carbonyl (C=O) groups excluding carboxylic acids is 1. The minimum absolute atomic E-state index is 0.142. The molecular weight excluding hydrogens is 202 g/mol. The maximum Gasteiger partial charge on any atom is 0.238 e. The van der Waals surface area contributed by atoms with Gasteiger partial charge in [0, 0.05) is 12.2 Å². The van der Waals surface area contributed by atoms with Crippen LogP contribution in [0, 0.1) is 11.3 Å². The van der Waals surface area contributed by atoms with E-state index in [0.29, 0.717) is 17.8 Å². The Morgan fingerprint density at radius 1 is 1.56 bits per heavy atom. The molecule has 1 aromatic carbocycles. The third-order valence-electron chi connectivity index (χ3n) is 1.85. The maximum absolute atomic E-state index is 11.4. The predicted molar refractivity (Wildman–Crippen MR) is 62.9 cm³/mol. The Morgan fingerprint density at radius 2 is 2.38 bits per heavy atom. The highest BCUT2D eigenvalue weighted by atomic mass is 16.1. The number of hydrogen-bond donors (Lipinski definition) is 2. The van der Waals surface area contributed by atoms with E-state index in [9.17, 15) is 4.79 Å². The molecule has 0 fully saturated rings. The molecule has 2 N–H and O–H groups in total. The number of benzene rings is 1. The average molecular weight is 215 g/mol. The quantitative estimate of drug-likeness (QED) is 0.574. The molecule has 0 atom stereocenters. The van der Waals surface area contributed by atoms with E-state index < -0.39 is 0 Å². The van der Waals surface area contributed by atoms with Gasteiger partial charge in [-0.3, -0.25) is 4.79 Å². The molecule has 0 bridgehead atoms. The Bertz CT molecular complexity index is 421. The molecular formula is C12H13N3O. The summed E-state index contributed by atoms with van der Waals surface area (Å²) in [5.74, 6) is -0.142. The highest BCUT2D eigenvalue weighted by Crippen LogP contribution is 2.09. The van der Waals surface area contributed by atoms with Gasteiger partial charge in [0.2, 0.25) is 5.91 Å². The van der Waals surface area contributed by atoms with E-state index in [0.717, 1.165) is 0 Å². The summed E-state index contributed by atoms with van der Waals surface area (Å²) in [6.07, 6.45) is 1.68. The standard InChI is InChI=1S/C12H13N3O/c1-2-6-14-9-12(16)15-11-5-3-4-10(7-11)8-13/h2-5,7,14H,1,6,9H2,(H,15,16). The minimum atomic E-state index is -0.142. The molecule has 0 unspecified atom stereocenters. The van der Waals surface area contributed by atoms with Crippen LogP contribution in [0.25, 0.3) is 0 Å². The lowest BCUT2D eigenvalue weighted by Gasteiger charge is -2.05. The van der Waals surface area contributed by atoms with Gasteiger partial charge in [0.25, 0.3) is 0 Å². The normalized spacial score (nSPS) is 9.19. The lowest BCUT2D eigenvalue weighted by molar-refractivity contribution is -0.115. The largest absolute Gasteiger partial charge is 0.325 e. The number of rotatable bonds is 5. The summed E-state index contributed by atoms with van der Waals surface area (Å²) in [5.41, 5.74) is 1.15. The predicted octanol–water partition coefficient (Wildman–Crippen LogP) is 1.27. The number of nitrogens with one attached hydrogen (secondary N) is 2. The summed E-state index contributed by atoms with van der Waals surface area (Å²) in [6.45, 7) is 4.35. The van der Waals surface area contributed by atoms with Crippen LogP contribution in [-0.2, 0) is 4.79 Å². The third-order valence-corrected chi connectivity index (χ3v) is 1.85. The van der Waals surface area contributed by atoms with Crippen LogP contribution in [-0.4, -0.2) is 19.0 Å². The van der Waals surface area contributed by atoms with Crippen molar-refractivity contribution < 1.29 is 4.79 Å². The number of anilines is 1. The Morgan fingerprint density at radius 3 is 3.06 bits per heavy atom. The monoisotopic (exact) mass is 215 g/mol. The average Bonchev–Trinajstić information content (AvgIpc) is 2.29. The molecule has 0 saturated carbocycles.